The number of nitriles is 1. The summed E-state index contributed by atoms with van der Waals surface area (Å²) in [6.45, 7) is 4.71. The lowest BCUT2D eigenvalue weighted by Gasteiger charge is -2.15. The molecule has 1 amide bonds. The van der Waals surface area contributed by atoms with Crippen molar-refractivity contribution in [2.24, 2.45) is 0 Å². The number of anilines is 1. The maximum absolute atomic E-state index is 12.6. The molecule has 0 saturated heterocycles. The number of carbonyl (C=O) groups is 1. The molecule has 0 aliphatic rings. The number of nitrogens with zero attached hydrogens (tertiary/aromatic N) is 2. The Hall–Kier alpha value is -3.78. The van der Waals surface area contributed by atoms with Gasteiger partial charge in [0.2, 0.25) is 0 Å². The molecule has 144 valence electrons. The molecule has 1 aromatic heterocycles. The second-order valence-corrected chi connectivity index (χ2v) is 6.88. The second-order valence-electron chi connectivity index (χ2n) is 6.88. The zero-order valence-electron chi connectivity index (χ0n) is 16.3. The van der Waals surface area contributed by atoms with E-state index in [1.165, 1.54) is 10.9 Å². The molecule has 4 aromatic rings. The standard InChI is InChI=1S/C24H21N3O2/c1-3-27-22-7-5-4-6-20(22)21-14-18(10-13-23(21)27)26-24(28)16(2)29-19-11-8-17(15-25)9-12-19/h4-14,16H,3H2,1-2H3,(H,26,28). The van der Waals surface area contributed by atoms with Crippen LogP contribution in [0.5, 0.6) is 5.75 Å². The summed E-state index contributed by atoms with van der Waals surface area (Å²) < 4.78 is 7.97. The summed E-state index contributed by atoms with van der Waals surface area (Å²) in [4.78, 5) is 12.6. The van der Waals surface area contributed by atoms with Crippen LogP contribution in [0.1, 0.15) is 19.4 Å². The summed E-state index contributed by atoms with van der Waals surface area (Å²) in [6, 6.07) is 23.0. The molecule has 3 aromatic carbocycles. The van der Waals surface area contributed by atoms with Crippen LogP contribution in [-0.4, -0.2) is 16.6 Å². The Kier molecular flexibility index (Phi) is 4.92. The summed E-state index contributed by atoms with van der Waals surface area (Å²) in [5, 5.41) is 14.1. The van der Waals surface area contributed by atoms with E-state index in [1.54, 1.807) is 31.2 Å². The number of rotatable bonds is 5. The first-order chi connectivity index (χ1) is 14.1. The van der Waals surface area contributed by atoms with Crippen molar-refractivity contribution < 1.29 is 9.53 Å². The van der Waals surface area contributed by atoms with Crippen LogP contribution in [0.15, 0.2) is 66.7 Å². The van der Waals surface area contributed by atoms with Crippen molar-refractivity contribution in [2.75, 3.05) is 5.32 Å². The predicted molar refractivity (Wildman–Crippen MR) is 115 cm³/mol. The van der Waals surface area contributed by atoms with Crippen molar-refractivity contribution >= 4 is 33.4 Å². The first-order valence-corrected chi connectivity index (χ1v) is 9.59. The zero-order valence-corrected chi connectivity index (χ0v) is 16.3. The highest BCUT2D eigenvalue weighted by Gasteiger charge is 2.16. The number of para-hydroxylation sites is 1. The smallest absolute Gasteiger partial charge is 0.265 e. The quantitative estimate of drug-likeness (QED) is 0.522. The third-order valence-electron chi connectivity index (χ3n) is 5.02. The molecule has 1 unspecified atom stereocenters. The van der Waals surface area contributed by atoms with Crippen molar-refractivity contribution in [3.63, 3.8) is 0 Å². The first-order valence-electron chi connectivity index (χ1n) is 9.59. The molecular formula is C24H21N3O2. The number of ether oxygens (including phenoxy) is 1. The molecule has 5 nitrogen and oxygen atoms in total. The average molecular weight is 383 g/mol. The normalized spacial score (nSPS) is 11.9. The van der Waals surface area contributed by atoms with Crippen LogP contribution in [0, 0.1) is 11.3 Å². The summed E-state index contributed by atoms with van der Waals surface area (Å²) >= 11 is 0. The predicted octanol–water partition coefficient (Wildman–Crippen LogP) is 5.09. The summed E-state index contributed by atoms with van der Waals surface area (Å²) in [5.74, 6) is 0.320. The van der Waals surface area contributed by atoms with Gasteiger partial charge in [-0.3, -0.25) is 4.79 Å². The van der Waals surface area contributed by atoms with E-state index in [9.17, 15) is 4.79 Å². The zero-order chi connectivity index (χ0) is 20.4. The van der Waals surface area contributed by atoms with Gasteiger partial charge >= 0.3 is 0 Å². The Balaban J connectivity index is 1.56. The van der Waals surface area contributed by atoms with E-state index in [0.29, 0.717) is 11.3 Å². The lowest BCUT2D eigenvalue weighted by Crippen LogP contribution is -2.30. The van der Waals surface area contributed by atoms with Gasteiger partial charge < -0.3 is 14.6 Å². The number of benzene rings is 3. The van der Waals surface area contributed by atoms with E-state index in [-0.39, 0.29) is 5.91 Å². The molecule has 4 rings (SSSR count). The van der Waals surface area contributed by atoms with Gasteiger partial charge in [0.15, 0.2) is 6.10 Å². The third-order valence-corrected chi connectivity index (χ3v) is 5.02. The monoisotopic (exact) mass is 383 g/mol. The van der Waals surface area contributed by atoms with Crippen LogP contribution in [0.3, 0.4) is 0 Å². The molecule has 0 radical (unpaired) electrons. The number of amides is 1. The number of nitrogens with one attached hydrogen (secondary N) is 1. The van der Waals surface area contributed by atoms with Gasteiger partial charge in [0.05, 0.1) is 11.6 Å². The Labute approximate surface area is 169 Å². The van der Waals surface area contributed by atoms with Gasteiger partial charge in [-0.25, -0.2) is 0 Å². The van der Waals surface area contributed by atoms with Gasteiger partial charge in [0.1, 0.15) is 5.75 Å². The van der Waals surface area contributed by atoms with E-state index < -0.39 is 6.10 Å². The third kappa shape index (κ3) is 3.53. The van der Waals surface area contributed by atoms with Crippen molar-refractivity contribution in [3.05, 3.63) is 72.3 Å². The summed E-state index contributed by atoms with van der Waals surface area (Å²) in [7, 11) is 0. The van der Waals surface area contributed by atoms with Crippen LogP contribution in [0.2, 0.25) is 0 Å². The number of hydrogen-bond donors (Lipinski definition) is 1. The highest BCUT2D eigenvalue weighted by molar-refractivity contribution is 6.10. The highest BCUT2D eigenvalue weighted by atomic mass is 16.5. The maximum Gasteiger partial charge on any atom is 0.265 e. The van der Waals surface area contributed by atoms with E-state index in [0.717, 1.165) is 23.1 Å². The molecule has 0 fully saturated rings. The lowest BCUT2D eigenvalue weighted by molar-refractivity contribution is -0.122. The minimum absolute atomic E-state index is 0.229. The van der Waals surface area contributed by atoms with Gasteiger partial charge in [-0.1, -0.05) is 18.2 Å². The second kappa shape index (κ2) is 7.69. The average Bonchev–Trinajstić information content (AvgIpc) is 3.07. The number of aryl methyl sites for hydroxylation is 1. The molecule has 0 spiro atoms. The number of hydrogen-bond acceptors (Lipinski definition) is 3. The highest BCUT2D eigenvalue weighted by Crippen LogP contribution is 2.31. The van der Waals surface area contributed by atoms with Gasteiger partial charge in [-0.05, 0) is 62.4 Å². The molecule has 0 aliphatic carbocycles. The fourth-order valence-corrected chi connectivity index (χ4v) is 3.58. The fourth-order valence-electron chi connectivity index (χ4n) is 3.58. The van der Waals surface area contributed by atoms with Crippen LogP contribution in [-0.2, 0) is 11.3 Å². The molecule has 1 N–H and O–H groups in total. The number of aromatic nitrogens is 1. The first kappa shape index (κ1) is 18.6. The van der Waals surface area contributed by atoms with Gasteiger partial charge in [-0.15, -0.1) is 0 Å². The summed E-state index contributed by atoms with van der Waals surface area (Å²) in [5.41, 5.74) is 3.62. The van der Waals surface area contributed by atoms with Crippen molar-refractivity contribution in [3.8, 4) is 11.8 Å². The lowest BCUT2D eigenvalue weighted by atomic mass is 10.1. The molecule has 29 heavy (non-hydrogen) atoms. The van der Waals surface area contributed by atoms with Gasteiger partial charge in [0, 0.05) is 34.0 Å². The minimum atomic E-state index is -0.671. The van der Waals surface area contributed by atoms with Gasteiger partial charge in [0.25, 0.3) is 5.91 Å². The molecule has 1 atom stereocenters. The largest absolute Gasteiger partial charge is 0.481 e. The number of fused-ring (bicyclic) bond motifs is 3. The fraction of sp³-hybridized carbons (Fsp3) is 0.167. The Morgan fingerprint density at radius 3 is 2.52 bits per heavy atom. The molecule has 1 heterocycles. The Bertz CT molecular complexity index is 1230. The SMILES string of the molecule is CCn1c2ccccc2c2cc(NC(=O)C(C)Oc3ccc(C#N)cc3)ccc21. The van der Waals surface area contributed by atoms with Crippen LogP contribution in [0.4, 0.5) is 5.69 Å². The molecule has 0 aliphatic heterocycles. The van der Waals surface area contributed by atoms with Crippen molar-refractivity contribution in [2.45, 2.75) is 26.5 Å². The van der Waals surface area contributed by atoms with Crippen molar-refractivity contribution in [1.82, 2.24) is 4.57 Å². The molecular weight excluding hydrogens is 362 g/mol. The van der Waals surface area contributed by atoms with E-state index >= 15 is 0 Å². The van der Waals surface area contributed by atoms with Crippen LogP contribution < -0.4 is 10.1 Å². The van der Waals surface area contributed by atoms with E-state index in [4.69, 9.17) is 10.00 Å². The summed E-state index contributed by atoms with van der Waals surface area (Å²) in [6.07, 6.45) is -0.671. The maximum atomic E-state index is 12.6. The van der Waals surface area contributed by atoms with Crippen LogP contribution in [0.25, 0.3) is 21.8 Å². The Morgan fingerprint density at radius 2 is 1.79 bits per heavy atom. The number of carbonyl (C=O) groups excluding carboxylic acids is 1. The van der Waals surface area contributed by atoms with E-state index in [1.807, 2.05) is 30.3 Å². The topological polar surface area (TPSA) is 67.1 Å². The van der Waals surface area contributed by atoms with Crippen LogP contribution >= 0.6 is 0 Å². The molecule has 0 bridgehead atoms. The van der Waals surface area contributed by atoms with Crippen molar-refractivity contribution in [1.29, 1.82) is 5.26 Å². The minimum Gasteiger partial charge on any atom is -0.481 e. The Morgan fingerprint density at radius 1 is 1.07 bits per heavy atom. The molecule has 5 heteroatoms. The molecule has 0 saturated carbocycles. The van der Waals surface area contributed by atoms with Gasteiger partial charge in [-0.2, -0.15) is 5.26 Å². The van der Waals surface area contributed by atoms with E-state index in [2.05, 4.69) is 35.0 Å².